The van der Waals surface area contributed by atoms with Crippen molar-refractivity contribution in [3.05, 3.63) is 35.9 Å². The molecule has 0 saturated carbocycles. The predicted octanol–water partition coefficient (Wildman–Crippen LogP) is 1.87. The average Bonchev–Trinajstić information content (AvgIpc) is 2.99. The van der Waals surface area contributed by atoms with Crippen LogP contribution in [0.3, 0.4) is 0 Å². The molecule has 0 radical (unpaired) electrons. The van der Waals surface area contributed by atoms with Crippen LogP contribution in [-0.2, 0) is 14.4 Å². The van der Waals surface area contributed by atoms with Gasteiger partial charge in [-0.3, -0.25) is 14.4 Å². The number of hydrogen-bond acceptors (Lipinski definition) is 3. The standard InChI is InChI=1S/C20H29N3O3/c1-14(15-8-6-5-7-9-15)23-13-16(12-17(23)24)18(25)21-10-11-22-19(26)20(2,3)4/h5-9,14,16H,10-13H2,1-4H3,(H,21,25)(H,22,26). The molecule has 1 saturated heterocycles. The summed E-state index contributed by atoms with van der Waals surface area (Å²) in [5.74, 6) is -0.522. The summed E-state index contributed by atoms with van der Waals surface area (Å²) in [6.45, 7) is 8.67. The quantitative estimate of drug-likeness (QED) is 0.761. The van der Waals surface area contributed by atoms with Gasteiger partial charge in [0.05, 0.1) is 12.0 Å². The van der Waals surface area contributed by atoms with E-state index in [1.807, 2.05) is 58.0 Å². The zero-order chi connectivity index (χ0) is 19.3. The second-order valence-corrected chi connectivity index (χ2v) is 7.83. The van der Waals surface area contributed by atoms with Crippen LogP contribution in [0, 0.1) is 11.3 Å². The smallest absolute Gasteiger partial charge is 0.225 e. The second-order valence-electron chi connectivity index (χ2n) is 7.83. The minimum atomic E-state index is -0.448. The number of carbonyl (C=O) groups excluding carboxylic acids is 3. The molecule has 0 spiro atoms. The Morgan fingerprint density at radius 1 is 1.15 bits per heavy atom. The van der Waals surface area contributed by atoms with Crippen molar-refractivity contribution in [2.24, 2.45) is 11.3 Å². The van der Waals surface area contributed by atoms with Crippen molar-refractivity contribution in [3.63, 3.8) is 0 Å². The first-order chi connectivity index (χ1) is 12.2. The first-order valence-corrected chi connectivity index (χ1v) is 9.10. The molecule has 2 N–H and O–H groups in total. The normalized spacial score (nSPS) is 18.5. The van der Waals surface area contributed by atoms with Gasteiger partial charge in [0.2, 0.25) is 17.7 Å². The van der Waals surface area contributed by atoms with Crippen LogP contribution in [0.1, 0.15) is 45.7 Å². The fraction of sp³-hybridized carbons (Fsp3) is 0.550. The van der Waals surface area contributed by atoms with Crippen LogP contribution < -0.4 is 10.6 Å². The SMILES string of the molecule is CC(c1ccccc1)N1CC(C(=O)NCCNC(=O)C(C)(C)C)CC1=O. The predicted molar refractivity (Wildman–Crippen MR) is 100 cm³/mol. The number of hydrogen-bond donors (Lipinski definition) is 2. The molecule has 6 heteroatoms. The molecular formula is C20H29N3O3. The Morgan fingerprint density at radius 2 is 1.77 bits per heavy atom. The number of carbonyl (C=O) groups is 3. The molecule has 1 aromatic rings. The Balaban J connectivity index is 1.80. The van der Waals surface area contributed by atoms with Crippen LogP contribution in [0.25, 0.3) is 0 Å². The molecule has 1 aliphatic heterocycles. The van der Waals surface area contributed by atoms with E-state index in [-0.39, 0.29) is 36.1 Å². The number of rotatable bonds is 6. The summed E-state index contributed by atoms with van der Waals surface area (Å²) in [6.07, 6.45) is 0.233. The fourth-order valence-corrected chi connectivity index (χ4v) is 2.96. The van der Waals surface area contributed by atoms with Crippen LogP contribution in [0.2, 0.25) is 0 Å². The topological polar surface area (TPSA) is 78.5 Å². The number of nitrogens with one attached hydrogen (secondary N) is 2. The lowest BCUT2D eigenvalue weighted by molar-refractivity contribution is -0.130. The first kappa shape index (κ1) is 19.9. The summed E-state index contributed by atoms with van der Waals surface area (Å²) in [5, 5.41) is 5.61. The van der Waals surface area contributed by atoms with Crippen molar-refractivity contribution >= 4 is 17.7 Å². The molecule has 3 amide bonds. The molecule has 1 fully saturated rings. The van der Waals surface area contributed by atoms with Crippen LogP contribution in [0.5, 0.6) is 0 Å². The van der Waals surface area contributed by atoms with Crippen LogP contribution in [0.4, 0.5) is 0 Å². The van der Waals surface area contributed by atoms with Gasteiger partial charge in [0.1, 0.15) is 0 Å². The molecule has 6 nitrogen and oxygen atoms in total. The molecule has 1 heterocycles. The van der Waals surface area contributed by atoms with Gasteiger partial charge in [-0.2, -0.15) is 0 Å². The van der Waals surface area contributed by atoms with E-state index in [4.69, 9.17) is 0 Å². The van der Waals surface area contributed by atoms with Crippen molar-refractivity contribution in [1.29, 1.82) is 0 Å². The van der Waals surface area contributed by atoms with Gasteiger partial charge in [-0.05, 0) is 12.5 Å². The van der Waals surface area contributed by atoms with Crippen molar-refractivity contribution < 1.29 is 14.4 Å². The maximum atomic E-state index is 12.3. The monoisotopic (exact) mass is 359 g/mol. The fourth-order valence-electron chi connectivity index (χ4n) is 2.96. The van der Waals surface area contributed by atoms with Gasteiger partial charge in [0.25, 0.3) is 0 Å². The van der Waals surface area contributed by atoms with Gasteiger partial charge in [-0.25, -0.2) is 0 Å². The maximum absolute atomic E-state index is 12.3. The highest BCUT2D eigenvalue weighted by Gasteiger charge is 2.36. The lowest BCUT2D eigenvalue weighted by Gasteiger charge is -2.25. The Bertz CT molecular complexity index is 652. The Labute approximate surface area is 155 Å². The van der Waals surface area contributed by atoms with Crippen molar-refractivity contribution in [3.8, 4) is 0 Å². The molecule has 0 aromatic heterocycles. The Kier molecular flexibility index (Phi) is 6.40. The maximum Gasteiger partial charge on any atom is 0.225 e. The van der Waals surface area contributed by atoms with E-state index in [0.29, 0.717) is 19.6 Å². The Morgan fingerprint density at radius 3 is 2.38 bits per heavy atom. The van der Waals surface area contributed by atoms with E-state index >= 15 is 0 Å². The lowest BCUT2D eigenvalue weighted by Crippen LogP contribution is -2.41. The third-order valence-corrected chi connectivity index (χ3v) is 4.67. The van der Waals surface area contributed by atoms with Crippen molar-refractivity contribution in [2.75, 3.05) is 19.6 Å². The third-order valence-electron chi connectivity index (χ3n) is 4.67. The van der Waals surface area contributed by atoms with Crippen molar-refractivity contribution in [1.82, 2.24) is 15.5 Å². The molecule has 26 heavy (non-hydrogen) atoms. The van der Waals surface area contributed by atoms with E-state index in [2.05, 4.69) is 10.6 Å². The van der Waals surface area contributed by atoms with Crippen LogP contribution in [0.15, 0.2) is 30.3 Å². The number of amides is 3. The third kappa shape index (κ3) is 5.07. The number of benzene rings is 1. The highest BCUT2D eigenvalue weighted by atomic mass is 16.2. The van der Waals surface area contributed by atoms with Crippen LogP contribution in [-0.4, -0.2) is 42.3 Å². The zero-order valence-corrected chi connectivity index (χ0v) is 16.0. The van der Waals surface area contributed by atoms with Gasteiger partial charge in [-0.1, -0.05) is 51.1 Å². The number of likely N-dealkylation sites (tertiary alicyclic amines) is 1. The summed E-state index contributed by atoms with van der Waals surface area (Å²) in [6, 6.07) is 9.77. The highest BCUT2D eigenvalue weighted by molar-refractivity contribution is 5.89. The summed E-state index contributed by atoms with van der Waals surface area (Å²) in [5.41, 5.74) is 0.613. The van der Waals surface area contributed by atoms with Gasteiger partial charge in [-0.15, -0.1) is 0 Å². The molecule has 2 atom stereocenters. The highest BCUT2D eigenvalue weighted by Crippen LogP contribution is 2.28. The molecule has 0 bridgehead atoms. The lowest BCUT2D eigenvalue weighted by atomic mass is 9.96. The van der Waals surface area contributed by atoms with E-state index in [1.54, 1.807) is 4.90 Å². The summed E-state index contributed by atoms with van der Waals surface area (Å²) in [4.78, 5) is 38.2. The molecule has 2 unspecified atom stereocenters. The van der Waals surface area contributed by atoms with E-state index in [1.165, 1.54) is 0 Å². The average molecular weight is 359 g/mol. The van der Waals surface area contributed by atoms with E-state index < -0.39 is 5.41 Å². The van der Waals surface area contributed by atoms with Gasteiger partial charge in [0.15, 0.2) is 0 Å². The molecule has 2 rings (SSSR count). The summed E-state index contributed by atoms with van der Waals surface area (Å²) in [7, 11) is 0. The minimum absolute atomic E-state index is 0.00235. The van der Waals surface area contributed by atoms with Gasteiger partial charge in [0, 0.05) is 31.5 Å². The second kappa shape index (κ2) is 8.34. The van der Waals surface area contributed by atoms with E-state index in [9.17, 15) is 14.4 Å². The molecule has 0 aliphatic carbocycles. The van der Waals surface area contributed by atoms with E-state index in [0.717, 1.165) is 5.56 Å². The van der Waals surface area contributed by atoms with Gasteiger partial charge >= 0.3 is 0 Å². The minimum Gasteiger partial charge on any atom is -0.354 e. The van der Waals surface area contributed by atoms with Gasteiger partial charge < -0.3 is 15.5 Å². The first-order valence-electron chi connectivity index (χ1n) is 9.10. The largest absolute Gasteiger partial charge is 0.354 e. The summed E-state index contributed by atoms with van der Waals surface area (Å²) >= 11 is 0. The number of nitrogens with zero attached hydrogens (tertiary/aromatic N) is 1. The van der Waals surface area contributed by atoms with Crippen LogP contribution >= 0.6 is 0 Å². The van der Waals surface area contributed by atoms with Crippen molar-refractivity contribution in [2.45, 2.75) is 40.2 Å². The molecule has 1 aliphatic rings. The molecule has 1 aromatic carbocycles. The Hall–Kier alpha value is -2.37. The molecule has 142 valence electrons. The molecular weight excluding hydrogens is 330 g/mol. The zero-order valence-electron chi connectivity index (χ0n) is 16.0. The summed E-state index contributed by atoms with van der Waals surface area (Å²) < 4.78 is 0.